The Balaban J connectivity index is 1.64. The first kappa shape index (κ1) is 25.9. The maximum absolute atomic E-state index is 13.9. The lowest BCUT2D eigenvalue weighted by molar-refractivity contribution is -0.134. The summed E-state index contributed by atoms with van der Waals surface area (Å²) < 4.78 is 0. The standard InChI is InChI=1S/C29H38N4O3/c1-19(2)23-8-7-9-24(20(3)4)26(23)30-25(34)18-32-27(35)29(14-16-31(6)17-15-29)33(28(32)36)22-12-10-21(5)11-13-22/h7-13,19-20H,14-18H2,1-6H3,(H,30,34). The molecule has 2 aliphatic rings. The van der Waals surface area contributed by atoms with Gasteiger partial charge in [0.1, 0.15) is 12.1 Å². The number of carbonyl (C=O) groups is 3. The molecule has 192 valence electrons. The van der Waals surface area contributed by atoms with Crippen LogP contribution in [0.15, 0.2) is 42.5 Å². The number of piperidine rings is 1. The van der Waals surface area contributed by atoms with Crippen LogP contribution in [0.2, 0.25) is 0 Å². The van der Waals surface area contributed by atoms with E-state index in [9.17, 15) is 14.4 Å². The molecule has 0 aromatic heterocycles. The van der Waals surface area contributed by atoms with Gasteiger partial charge in [0.2, 0.25) is 5.91 Å². The van der Waals surface area contributed by atoms with E-state index in [1.165, 1.54) is 0 Å². The summed E-state index contributed by atoms with van der Waals surface area (Å²) in [5.41, 5.74) is 3.69. The van der Waals surface area contributed by atoms with Gasteiger partial charge in [0.25, 0.3) is 5.91 Å². The minimum Gasteiger partial charge on any atom is -0.324 e. The van der Waals surface area contributed by atoms with Crippen molar-refractivity contribution in [2.75, 3.05) is 36.9 Å². The number of rotatable bonds is 6. The molecule has 2 saturated heterocycles. The second kappa shape index (κ2) is 10.1. The summed E-state index contributed by atoms with van der Waals surface area (Å²) in [4.78, 5) is 45.9. The number of carbonyl (C=O) groups excluding carboxylic acids is 3. The molecular weight excluding hydrogens is 452 g/mol. The Labute approximate surface area is 214 Å². The van der Waals surface area contributed by atoms with E-state index in [-0.39, 0.29) is 30.2 Å². The van der Waals surface area contributed by atoms with E-state index in [1.54, 1.807) is 4.90 Å². The van der Waals surface area contributed by atoms with Crippen LogP contribution in [0.5, 0.6) is 0 Å². The Morgan fingerprint density at radius 3 is 2.03 bits per heavy atom. The van der Waals surface area contributed by atoms with E-state index in [1.807, 2.05) is 56.4 Å². The summed E-state index contributed by atoms with van der Waals surface area (Å²) in [5.74, 6) is -0.208. The van der Waals surface area contributed by atoms with E-state index in [2.05, 4.69) is 37.9 Å². The molecule has 4 amide bonds. The van der Waals surface area contributed by atoms with Crippen molar-refractivity contribution in [2.24, 2.45) is 0 Å². The van der Waals surface area contributed by atoms with Gasteiger partial charge >= 0.3 is 6.03 Å². The molecule has 2 aromatic carbocycles. The molecule has 0 unspecified atom stereocenters. The number of aryl methyl sites for hydroxylation is 1. The predicted molar refractivity (Wildman–Crippen MR) is 143 cm³/mol. The Morgan fingerprint density at radius 2 is 1.50 bits per heavy atom. The Kier molecular flexibility index (Phi) is 7.23. The van der Waals surface area contributed by atoms with Crippen molar-refractivity contribution in [2.45, 2.75) is 64.8 Å². The third kappa shape index (κ3) is 4.64. The smallest absolute Gasteiger partial charge is 0.324 e. The number of imide groups is 1. The minimum atomic E-state index is -0.960. The largest absolute Gasteiger partial charge is 0.332 e. The lowest BCUT2D eigenvalue weighted by Gasteiger charge is -2.41. The Morgan fingerprint density at radius 1 is 0.944 bits per heavy atom. The molecule has 2 aliphatic heterocycles. The summed E-state index contributed by atoms with van der Waals surface area (Å²) >= 11 is 0. The van der Waals surface area contributed by atoms with E-state index < -0.39 is 11.6 Å². The number of para-hydroxylation sites is 1. The normalized spacial score (nSPS) is 18.1. The van der Waals surface area contributed by atoms with Crippen molar-refractivity contribution in [3.05, 3.63) is 59.2 Å². The fourth-order valence-electron chi connectivity index (χ4n) is 5.37. The number of nitrogens with one attached hydrogen (secondary N) is 1. The molecule has 36 heavy (non-hydrogen) atoms. The number of likely N-dealkylation sites (tertiary alicyclic amines) is 1. The fourth-order valence-corrected chi connectivity index (χ4v) is 5.37. The molecule has 2 fully saturated rings. The van der Waals surface area contributed by atoms with Crippen LogP contribution in [0.1, 0.15) is 69.1 Å². The highest BCUT2D eigenvalue weighted by Gasteiger charge is 2.58. The molecule has 0 radical (unpaired) electrons. The van der Waals surface area contributed by atoms with Crippen LogP contribution in [0.3, 0.4) is 0 Å². The number of anilines is 2. The first-order valence-electron chi connectivity index (χ1n) is 12.9. The molecule has 2 aromatic rings. The van der Waals surface area contributed by atoms with Gasteiger partial charge in [0.05, 0.1) is 0 Å². The van der Waals surface area contributed by atoms with E-state index in [4.69, 9.17) is 0 Å². The van der Waals surface area contributed by atoms with Gasteiger partial charge in [-0.3, -0.25) is 19.4 Å². The van der Waals surface area contributed by atoms with Gasteiger partial charge in [-0.25, -0.2) is 4.79 Å². The highest BCUT2D eigenvalue weighted by atomic mass is 16.2. The number of hydrogen-bond acceptors (Lipinski definition) is 4. The lowest BCUT2D eigenvalue weighted by atomic mass is 9.85. The highest BCUT2D eigenvalue weighted by molar-refractivity contribution is 6.18. The molecule has 0 aliphatic carbocycles. The van der Waals surface area contributed by atoms with Gasteiger partial charge < -0.3 is 10.2 Å². The van der Waals surface area contributed by atoms with Crippen molar-refractivity contribution in [1.29, 1.82) is 0 Å². The zero-order valence-corrected chi connectivity index (χ0v) is 22.3. The van der Waals surface area contributed by atoms with Gasteiger partial charge in [0, 0.05) is 24.5 Å². The topological polar surface area (TPSA) is 73.0 Å². The van der Waals surface area contributed by atoms with Crippen LogP contribution in [-0.2, 0) is 9.59 Å². The number of amides is 4. The minimum absolute atomic E-state index is 0.216. The van der Waals surface area contributed by atoms with Gasteiger partial charge in [0.15, 0.2) is 0 Å². The summed E-state index contributed by atoms with van der Waals surface area (Å²) in [7, 11) is 2.02. The lowest BCUT2D eigenvalue weighted by Crippen LogP contribution is -2.56. The second-order valence-corrected chi connectivity index (χ2v) is 10.8. The Bertz CT molecular complexity index is 1120. The molecule has 0 bridgehead atoms. The number of nitrogens with zero attached hydrogens (tertiary/aromatic N) is 3. The first-order chi connectivity index (χ1) is 17.0. The molecule has 2 heterocycles. The molecular formula is C29H38N4O3. The predicted octanol–water partition coefficient (Wildman–Crippen LogP) is 5.11. The summed E-state index contributed by atoms with van der Waals surface area (Å²) in [6, 6.07) is 13.3. The summed E-state index contributed by atoms with van der Waals surface area (Å²) in [6.07, 6.45) is 1.07. The Hall–Kier alpha value is -3.19. The first-order valence-corrected chi connectivity index (χ1v) is 12.9. The molecule has 7 nitrogen and oxygen atoms in total. The van der Waals surface area contributed by atoms with E-state index in [0.717, 1.165) is 27.3 Å². The van der Waals surface area contributed by atoms with Gasteiger partial charge in [-0.15, -0.1) is 0 Å². The molecule has 7 heteroatoms. The average molecular weight is 491 g/mol. The maximum Gasteiger partial charge on any atom is 0.332 e. The zero-order chi connectivity index (χ0) is 26.2. The summed E-state index contributed by atoms with van der Waals surface area (Å²) in [6.45, 7) is 11.5. The van der Waals surface area contributed by atoms with Crippen LogP contribution in [0, 0.1) is 6.92 Å². The highest BCUT2D eigenvalue weighted by Crippen LogP contribution is 2.40. The monoisotopic (exact) mass is 490 g/mol. The number of hydrogen-bond donors (Lipinski definition) is 1. The van der Waals surface area contributed by atoms with Crippen molar-refractivity contribution in [3.63, 3.8) is 0 Å². The molecule has 1 N–H and O–H groups in total. The zero-order valence-electron chi connectivity index (χ0n) is 22.3. The second-order valence-electron chi connectivity index (χ2n) is 10.8. The van der Waals surface area contributed by atoms with Crippen molar-refractivity contribution < 1.29 is 14.4 Å². The van der Waals surface area contributed by atoms with Crippen molar-refractivity contribution >= 4 is 29.2 Å². The fraction of sp³-hybridized carbons (Fsp3) is 0.483. The molecule has 0 atom stereocenters. The third-order valence-electron chi connectivity index (χ3n) is 7.54. The van der Waals surface area contributed by atoms with Gasteiger partial charge in [-0.05, 0) is 61.9 Å². The average Bonchev–Trinajstić information content (AvgIpc) is 3.02. The molecule has 4 rings (SSSR count). The van der Waals surface area contributed by atoms with Crippen molar-refractivity contribution in [3.8, 4) is 0 Å². The molecule has 1 spiro atoms. The van der Waals surface area contributed by atoms with Gasteiger partial charge in [-0.1, -0.05) is 63.6 Å². The van der Waals surface area contributed by atoms with Gasteiger partial charge in [-0.2, -0.15) is 0 Å². The van der Waals surface area contributed by atoms with Crippen LogP contribution in [0.4, 0.5) is 16.2 Å². The maximum atomic E-state index is 13.9. The van der Waals surface area contributed by atoms with Crippen LogP contribution in [0.25, 0.3) is 0 Å². The quantitative estimate of drug-likeness (QED) is 0.571. The number of urea groups is 1. The third-order valence-corrected chi connectivity index (χ3v) is 7.54. The summed E-state index contributed by atoms with van der Waals surface area (Å²) in [5, 5.41) is 3.06. The van der Waals surface area contributed by atoms with E-state index >= 15 is 0 Å². The van der Waals surface area contributed by atoms with Crippen LogP contribution < -0.4 is 10.2 Å². The van der Waals surface area contributed by atoms with Crippen molar-refractivity contribution in [1.82, 2.24) is 9.80 Å². The molecule has 0 saturated carbocycles. The van der Waals surface area contributed by atoms with Crippen LogP contribution >= 0.6 is 0 Å². The number of benzene rings is 2. The SMILES string of the molecule is Cc1ccc(N2C(=O)N(CC(=O)Nc3c(C(C)C)cccc3C(C)C)C(=O)C23CCN(C)CC3)cc1. The van der Waals surface area contributed by atoms with E-state index in [0.29, 0.717) is 31.6 Å². The van der Waals surface area contributed by atoms with Crippen LogP contribution in [-0.4, -0.2) is 59.9 Å².